The van der Waals surface area contributed by atoms with E-state index < -0.39 is 0 Å². The number of halogens is 1. The van der Waals surface area contributed by atoms with Gasteiger partial charge >= 0.3 is 0 Å². The summed E-state index contributed by atoms with van der Waals surface area (Å²) in [7, 11) is 2.04. The molecular weight excluding hydrogens is 364 g/mol. The van der Waals surface area contributed by atoms with Crippen LogP contribution in [0, 0.1) is 6.92 Å². The number of rotatable bonds is 4. The van der Waals surface area contributed by atoms with Crippen LogP contribution in [-0.4, -0.2) is 31.4 Å². The molecule has 3 nitrogen and oxygen atoms in total. The molecule has 0 fully saturated rings. The monoisotopic (exact) mass is 386 g/mol. The molecule has 0 radical (unpaired) electrons. The van der Waals surface area contributed by atoms with Crippen LogP contribution in [0.15, 0.2) is 45.9 Å². The second-order valence-electron chi connectivity index (χ2n) is 6.21. The fourth-order valence-corrected chi connectivity index (χ4v) is 3.16. The first-order valence-electron chi connectivity index (χ1n) is 8.33. The van der Waals surface area contributed by atoms with Crippen molar-refractivity contribution in [2.75, 3.05) is 20.2 Å². The van der Waals surface area contributed by atoms with Gasteiger partial charge in [0.05, 0.1) is 18.6 Å². The number of hydrogen-bond donors (Lipinski definition) is 0. The molecule has 1 atom stereocenters. The second kappa shape index (κ2) is 7.49. The van der Waals surface area contributed by atoms with Gasteiger partial charge in [-0.15, -0.1) is 0 Å². The largest absolute Gasteiger partial charge is 0.368 e. The smallest absolute Gasteiger partial charge is 0.108 e. The van der Waals surface area contributed by atoms with Gasteiger partial charge in [0.1, 0.15) is 6.10 Å². The number of hydrogen-bond acceptors (Lipinski definition) is 2. The maximum atomic E-state index is 6.08. The quantitative estimate of drug-likeness (QED) is 0.543. The average Bonchev–Trinajstić information content (AvgIpc) is 2.60. The molecule has 0 bridgehead atoms. The standard InChI is InChI=1S/C20H23BrN2O/c1-4-23(3)13-22-19-12-16-9-10-24-20(18(16)11-14(19)2)15-5-7-17(21)8-6-15/h5-8,11-13,20H,4,9-10H2,1-3H3. The Bertz CT molecular complexity index is 740. The second-order valence-corrected chi connectivity index (χ2v) is 7.12. The van der Waals surface area contributed by atoms with Gasteiger partial charge in [-0.3, -0.25) is 0 Å². The molecule has 1 unspecified atom stereocenters. The zero-order valence-electron chi connectivity index (χ0n) is 14.4. The van der Waals surface area contributed by atoms with E-state index in [1.54, 1.807) is 0 Å². The van der Waals surface area contributed by atoms with Crippen LogP contribution < -0.4 is 0 Å². The van der Waals surface area contributed by atoms with Crippen LogP contribution in [0.1, 0.15) is 35.3 Å². The predicted octanol–water partition coefficient (Wildman–Crippen LogP) is 5.03. The van der Waals surface area contributed by atoms with E-state index in [1.165, 1.54) is 22.3 Å². The summed E-state index contributed by atoms with van der Waals surface area (Å²) in [5, 5.41) is 0. The van der Waals surface area contributed by atoms with Crippen LogP contribution in [0.25, 0.3) is 0 Å². The lowest BCUT2D eigenvalue weighted by Gasteiger charge is -2.27. The summed E-state index contributed by atoms with van der Waals surface area (Å²) >= 11 is 3.50. The van der Waals surface area contributed by atoms with Gasteiger partial charge in [-0.25, -0.2) is 4.99 Å². The minimum Gasteiger partial charge on any atom is -0.368 e. The van der Waals surface area contributed by atoms with Crippen LogP contribution >= 0.6 is 15.9 Å². The van der Waals surface area contributed by atoms with Crippen LogP contribution in [0.3, 0.4) is 0 Å². The molecule has 0 spiro atoms. The minimum atomic E-state index is 0.0110. The molecule has 126 valence electrons. The topological polar surface area (TPSA) is 24.8 Å². The van der Waals surface area contributed by atoms with E-state index in [4.69, 9.17) is 4.74 Å². The van der Waals surface area contributed by atoms with Gasteiger partial charge in [-0.1, -0.05) is 34.1 Å². The third-order valence-corrected chi connectivity index (χ3v) is 4.99. The van der Waals surface area contributed by atoms with Gasteiger partial charge in [0.25, 0.3) is 0 Å². The third kappa shape index (κ3) is 3.70. The first-order valence-corrected chi connectivity index (χ1v) is 9.12. The summed E-state index contributed by atoms with van der Waals surface area (Å²) < 4.78 is 7.17. The zero-order chi connectivity index (χ0) is 17.1. The Morgan fingerprint density at radius 3 is 2.75 bits per heavy atom. The fraction of sp³-hybridized carbons (Fsp3) is 0.350. The van der Waals surface area contributed by atoms with Crippen molar-refractivity contribution in [3.8, 4) is 0 Å². The molecule has 0 aliphatic carbocycles. The van der Waals surface area contributed by atoms with E-state index in [9.17, 15) is 0 Å². The lowest BCUT2D eigenvalue weighted by atomic mass is 9.91. The summed E-state index contributed by atoms with van der Waals surface area (Å²) in [6.45, 7) is 5.93. The van der Waals surface area contributed by atoms with Crippen molar-refractivity contribution in [3.63, 3.8) is 0 Å². The minimum absolute atomic E-state index is 0.0110. The van der Waals surface area contributed by atoms with E-state index in [1.807, 2.05) is 13.4 Å². The molecule has 0 saturated carbocycles. The highest BCUT2D eigenvalue weighted by Crippen LogP contribution is 2.36. The van der Waals surface area contributed by atoms with Gasteiger partial charge in [0, 0.05) is 18.1 Å². The molecule has 3 rings (SSSR count). The number of aryl methyl sites for hydroxylation is 1. The molecule has 0 aromatic heterocycles. The SMILES string of the molecule is CCN(C)C=Nc1cc2c(cc1C)C(c1ccc(Br)cc1)OCC2. The lowest BCUT2D eigenvalue weighted by Crippen LogP contribution is -2.17. The molecule has 4 heteroatoms. The molecule has 0 amide bonds. The number of ether oxygens (including phenoxy) is 1. The Hall–Kier alpha value is -1.65. The van der Waals surface area contributed by atoms with Gasteiger partial charge in [-0.05, 0) is 60.7 Å². The average molecular weight is 387 g/mol. The summed E-state index contributed by atoms with van der Waals surface area (Å²) in [6.07, 6.45) is 2.85. The normalized spacial score (nSPS) is 17.1. The Morgan fingerprint density at radius 2 is 2.04 bits per heavy atom. The third-order valence-electron chi connectivity index (χ3n) is 4.46. The van der Waals surface area contributed by atoms with Crippen molar-refractivity contribution in [1.29, 1.82) is 0 Å². The molecule has 0 saturated heterocycles. The first-order chi connectivity index (χ1) is 11.6. The highest BCUT2D eigenvalue weighted by Gasteiger charge is 2.23. The summed E-state index contributed by atoms with van der Waals surface area (Å²) in [5.41, 5.74) is 6.03. The Balaban J connectivity index is 1.95. The Kier molecular flexibility index (Phi) is 5.36. The molecule has 24 heavy (non-hydrogen) atoms. The van der Waals surface area contributed by atoms with E-state index in [0.717, 1.165) is 29.7 Å². The molecule has 2 aromatic rings. The molecule has 1 aliphatic rings. The Labute approximate surface area is 152 Å². The summed E-state index contributed by atoms with van der Waals surface area (Å²) in [4.78, 5) is 6.72. The van der Waals surface area contributed by atoms with Gasteiger partial charge in [0.2, 0.25) is 0 Å². The van der Waals surface area contributed by atoms with E-state index >= 15 is 0 Å². The number of nitrogens with zero attached hydrogens (tertiary/aromatic N) is 2. The maximum Gasteiger partial charge on any atom is 0.108 e. The van der Waals surface area contributed by atoms with Crippen LogP contribution in [0.4, 0.5) is 5.69 Å². The van der Waals surface area contributed by atoms with Crippen LogP contribution in [-0.2, 0) is 11.2 Å². The molecule has 2 aromatic carbocycles. The van der Waals surface area contributed by atoms with Crippen molar-refractivity contribution in [1.82, 2.24) is 4.90 Å². The highest BCUT2D eigenvalue weighted by molar-refractivity contribution is 9.10. The van der Waals surface area contributed by atoms with Crippen molar-refractivity contribution in [3.05, 3.63) is 63.1 Å². The van der Waals surface area contributed by atoms with Crippen molar-refractivity contribution >= 4 is 28.0 Å². The van der Waals surface area contributed by atoms with Crippen LogP contribution in [0.5, 0.6) is 0 Å². The first kappa shape index (κ1) is 17.2. The highest BCUT2D eigenvalue weighted by atomic mass is 79.9. The number of benzene rings is 2. The maximum absolute atomic E-state index is 6.08. The molecular formula is C20H23BrN2O. The van der Waals surface area contributed by atoms with Gasteiger partial charge in [-0.2, -0.15) is 0 Å². The van der Waals surface area contributed by atoms with E-state index in [0.29, 0.717) is 0 Å². The molecule has 1 heterocycles. The predicted molar refractivity (Wildman–Crippen MR) is 103 cm³/mol. The van der Waals surface area contributed by atoms with Gasteiger partial charge < -0.3 is 9.64 Å². The Morgan fingerprint density at radius 1 is 1.29 bits per heavy atom. The van der Waals surface area contributed by atoms with E-state index in [2.05, 4.69) is 76.1 Å². The zero-order valence-corrected chi connectivity index (χ0v) is 16.0. The van der Waals surface area contributed by atoms with Crippen LogP contribution in [0.2, 0.25) is 0 Å². The van der Waals surface area contributed by atoms with Crippen molar-refractivity contribution in [2.24, 2.45) is 4.99 Å². The molecule has 1 aliphatic heterocycles. The summed E-state index contributed by atoms with van der Waals surface area (Å²) in [6, 6.07) is 12.8. The molecule has 0 N–H and O–H groups in total. The summed E-state index contributed by atoms with van der Waals surface area (Å²) in [5.74, 6) is 0. The lowest BCUT2D eigenvalue weighted by molar-refractivity contribution is 0.0698. The fourth-order valence-electron chi connectivity index (χ4n) is 2.89. The van der Waals surface area contributed by atoms with Gasteiger partial charge in [0.15, 0.2) is 0 Å². The van der Waals surface area contributed by atoms with Crippen molar-refractivity contribution in [2.45, 2.75) is 26.4 Å². The van der Waals surface area contributed by atoms with E-state index in [-0.39, 0.29) is 6.10 Å². The van der Waals surface area contributed by atoms with Crippen molar-refractivity contribution < 1.29 is 4.74 Å². The number of fused-ring (bicyclic) bond motifs is 1. The number of aliphatic imine (C=N–C) groups is 1.